The van der Waals surface area contributed by atoms with Gasteiger partial charge in [0.25, 0.3) is 5.56 Å². The van der Waals surface area contributed by atoms with Gasteiger partial charge >= 0.3 is 0 Å². The summed E-state index contributed by atoms with van der Waals surface area (Å²) in [6.07, 6.45) is 1.96. The molecule has 0 aliphatic heterocycles. The van der Waals surface area contributed by atoms with Gasteiger partial charge in [-0.15, -0.1) is 0 Å². The van der Waals surface area contributed by atoms with Crippen molar-refractivity contribution in [1.82, 2.24) is 14.5 Å². The molecule has 0 aliphatic rings. The Morgan fingerprint density at radius 2 is 2.04 bits per heavy atom. The van der Waals surface area contributed by atoms with E-state index in [2.05, 4.69) is 11.9 Å². The molecule has 0 radical (unpaired) electrons. The number of aryl methyl sites for hydroxylation is 1. The molecule has 0 unspecified atom stereocenters. The first-order valence-electron chi connectivity index (χ1n) is 8.58. The van der Waals surface area contributed by atoms with Gasteiger partial charge in [-0.3, -0.25) is 14.2 Å². The summed E-state index contributed by atoms with van der Waals surface area (Å²) in [4.78, 5) is 31.4. The molecule has 1 aromatic carbocycles. The maximum atomic E-state index is 12.6. The summed E-state index contributed by atoms with van der Waals surface area (Å²) in [6, 6.07) is 8.60. The van der Waals surface area contributed by atoms with Gasteiger partial charge in [0.1, 0.15) is 12.4 Å². The summed E-state index contributed by atoms with van der Waals surface area (Å²) in [7, 11) is 0. The molecular formula is C19H24ClN3O2. The smallest absolute Gasteiger partial charge is 0.254 e. The number of carbonyl (C=O) groups is 1. The Hall–Kier alpha value is -2.14. The average Bonchev–Trinajstić information content (AvgIpc) is 2.57. The van der Waals surface area contributed by atoms with Gasteiger partial charge in [-0.1, -0.05) is 37.1 Å². The molecule has 6 heteroatoms. The minimum atomic E-state index is -0.234. The van der Waals surface area contributed by atoms with E-state index in [1.165, 1.54) is 10.6 Å². The van der Waals surface area contributed by atoms with Crippen molar-refractivity contribution in [2.45, 2.75) is 40.2 Å². The highest BCUT2D eigenvalue weighted by atomic mass is 35.5. The largest absolute Gasteiger partial charge is 0.341 e. The first-order valence-corrected chi connectivity index (χ1v) is 8.96. The van der Waals surface area contributed by atoms with Crippen molar-refractivity contribution in [3.8, 4) is 11.4 Å². The number of likely N-dealkylation sites (N-methyl/N-ethyl adjacent to an activating group) is 1. The maximum absolute atomic E-state index is 12.6. The Bertz CT molecular complexity index is 801. The number of hydrogen-bond acceptors (Lipinski definition) is 3. The summed E-state index contributed by atoms with van der Waals surface area (Å²) in [5, 5.41) is 0.560. The predicted molar refractivity (Wildman–Crippen MR) is 101 cm³/mol. The Balaban J connectivity index is 2.40. The van der Waals surface area contributed by atoms with E-state index < -0.39 is 0 Å². The van der Waals surface area contributed by atoms with Crippen LogP contribution in [0.25, 0.3) is 11.4 Å². The van der Waals surface area contributed by atoms with Crippen molar-refractivity contribution in [2.75, 3.05) is 13.1 Å². The third-order valence-electron chi connectivity index (χ3n) is 4.03. The molecule has 2 aromatic rings. The number of carbonyl (C=O) groups excluding carboxylic acids is 1. The molecule has 2 rings (SSSR count). The van der Waals surface area contributed by atoms with Crippen molar-refractivity contribution in [1.29, 1.82) is 0 Å². The van der Waals surface area contributed by atoms with Gasteiger partial charge in [-0.2, -0.15) is 0 Å². The molecule has 0 bridgehead atoms. The van der Waals surface area contributed by atoms with Gasteiger partial charge in [0, 0.05) is 35.4 Å². The van der Waals surface area contributed by atoms with Crippen molar-refractivity contribution in [2.24, 2.45) is 0 Å². The molecular weight excluding hydrogens is 338 g/mol. The minimum Gasteiger partial charge on any atom is -0.341 e. The number of amides is 1. The van der Waals surface area contributed by atoms with Gasteiger partial charge in [0.05, 0.1) is 0 Å². The fraction of sp³-hybridized carbons (Fsp3) is 0.421. The summed E-state index contributed by atoms with van der Waals surface area (Å²) < 4.78 is 1.43. The molecule has 1 aromatic heterocycles. The fourth-order valence-electron chi connectivity index (χ4n) is 2.66. The number of hydrogen-bond donors (Lipinski definition) is 0. The molecule has 134 valence electrons. The summed E-state index contributed by atoms with van der Waals surface area (Å²) in [5.74, 6) is 0.388. The SMILES string of the molecule is CCCCN(CC)C(=O)Cn1c(-c2cccc(Cl)c2)nc(C)cc1=O. The van der Waals surface area contributed by atoms with Crippen LogP contribution in [0.15, 0.2) is 35.1 Å². The van der Waals surface area contributed by atoms with Crippen molar-refractivity contribution in [3.63, 3.8) is 0 Å². The van der Waals surface area contributed by atoms with Crippen molar-refractivity contribution < 1.29 is 4.79 Å². The predicted octanol–water partition coefficient (Wildman–Crippen LogP) is 3.52. The van der Waals surface area contributed by atoms with E-state index in [1.54, 1.807) is 30.0 Å². The van der Waals surface area contributed by atoms with Crippen LogP contribution in [0.4, 0.5) is 0 Å². The third-order valence-corrected chi connectivity index (χ3v) is 4.26. The molecule has 5 nitrogen and oxygen atoms in total. The quantitative estimate of drug-likeness (QED) is 0.758. The molecule has 0 saturated heterocycles. The molecule has 0 aliphatic carbocycles. The molecule has 0 spiro atoms. The highest BCUT2D eigenvalue weighted by Crippen LogP contribution is 2.20. The number of aromatic nitrogens is 2. The van der Waals surface area contributed by atoms with E-state index in [0.717, 1.165) is 18.4 Å². The highest BCUT2D eigenvalue weighted by Gasteiger charge is 2.17. The van der Waals surface area contributed by atoms with Crippen LogP contribution in [0.2, 0.25) is 5.02 Å². The lowest BCUT2D eigenvalue weighted by Crippen LogP contribution is -2.37. The first-order chi connectivity index (χ1) is 12.0. The number of rotatable bonds is 7. The highest BCUT2D eigenvalue weighted by molar-refractivity contribution is 6.30. The van der Waals surface area contributed by atoms with Crippen molar-refractivity contribution >= 4 is 17.5 Å². The van der Waals surface area contributed by atoms with Crippen molar-refractivity contribution in [3.05, 3.63) is 51.4 Å². The van der Waals surface area contributed by atoms with E-state index in [-0.39, 0.29) is 18.0 Å². The molecule has 25 heavy (non-hydrogen) atoms. The van der Waals surface area contributed by atoms with E-state index in [0.29, 0.717) is 29.6 Å². The van der Waals surface area contributed by atoms with Gasteiger partial charge < -0.3 is 4.90 Å². The van der Waals surface area contributed by atoms with Gasteiger partial charge in [-0.25, -0.2) is 4.98 Å². The van der Waals surface area contributed by atoms with Crippen LogP contribution in [0.5, 0.6) is 0 Å². The fourth-order valence-corrected chi connectivity index (χ4v) is 2.86. The topological polar surface area (TPSA) is 55.2 Å². The van der Waals surface area contributed by atoms with Crippen LogP contribution in [0.1, 0.15) is 32.4 Å². The lowest BCUT2D eigenvalue weighted by molar-refractivity contribution is -0.131. The standard InChI is InChI=1S/C19H24ClN3O2/c1-4-6-10-22(5-2)18(25)13-23-17(24)11-14(3)21-19(23)15-8-7-9-16(20)12-15/h7-9,11-12H,4-6,10,13H2,1-3H3. The summed E-state index contributed by atoms with van der Waals surface area (Å²) in [5.41, 5.74) is 1.10. The van der Waals surface area contributed by atoms with E-state index in [9.17, 15) is 9.59 Å². The summed E-state index contributed by atoms with van der Waals surface area (Å²) >= 11 is 6.07. The van der Waals surface area contributed by atoms with E-state index in [4.69, 9.17) is 11.6 Å². The Morgan fingerprint density at radius 1 is 1.28 bits per heavy atom. The Morgan fingerprint density at radius 3 is 2.68 bits per heavy atom. The van der Waals surface area contributed by atoms with Crippen LogP contribution in [-0.2, 0) is 11.3 Å². The monoisotopic (exact) mass is 361 g/mol. The zero-order valence-electron chi connectivity index (χ0n) is 15.0. The number of nitrogens with zero attached hydrogens (tertiary/aromatic N) is 3. The van der Waals surface area contributed by atoms with Crippen LogP contribution >= 0.6 is 11.6 Å². The molecule has 0 saturated carbocycles. The number of benzene rings is 1. The Labute approximate surface area is 153 Å². The lowest BCUT2D eigenvalue weighted by Gasteiger charge is -2.22. The van der Waals surface area contributed by atoms with Gasteiger partial charge in [-0.05, 0) is 32.4 Å². The van der Waals surface area contributed by atoms with Gasteiger partial charge in [0.15, 0.2) is 0 Å². The van der Waals surface area contributed by atoms with Crippen LogP contribution < -0.4 is 5.56 Å². The van der Waals surface area contributed by atoms with Crippen LogP contribution in [0, 0.1) is 6.92 Å². The second-order valence-electron chi connectivity index (χ2n) is 5.98. The second kappa shape index (κ2) is 8.81. The molecule has 1 heterocycles. The van der Waals surface area contributed by atoms with E-state index in [1.807, 2.05) is 13.0 Å². The van der Waals surface area contributed by atoms with Gasteiger partial charge in [0.2, 0.25) is 5.91 Å². The van der Waals surface area contributed by atoms with Crippen LogP contribution in [0.3, 0.4) is 0 Å². The number of unbranched alkanes of at least 4 members (excludes halogenated alkanes) is 1. The average molecular weight is 362 g/mol. The first kappa shape index (κ1) is 19.2. The Kier molecular flexibility index (Phi) is 6.76. The lowest BCUT2D eigenvalue weighted by atomic mass is 10.2. The zero-order chi connectivity index (χ0) is 18.4. The summed E-state index contributed by atoms with van der Waals surface area (Å²) in [6.45, 7) is 7.10. The minimum absolute atomic E-state index is 0.0223. The third kappa shape index (κ3) is 4.92. The van der Waals surface area contributed by atoms with E-state index >= 15 is 0 Å². The second-order valence-corrected chi connectivity index (χ2v) is 6.42. The number of halogens is 1. The zero-order valence-corrected chi connectivity index (χ0v) is 15.7. The molecule has 0 fully saturated rings. The maximum Gasteiger partial charge on any atom is 0.254 e. The normalized spacial score (nSPS) is 10.7. The molecule has 1 amide bonds. The molecule has 0 N–H and O–H groups in total. The molecule has 0 atom stereocenters. The van der Waals surface area contributed by atoms with Crippen LogP contribution in [-0.4, -0.2) is 33.4 Å².